The Kier molecular flexibility index (Phi) is 4.72. The van der Waals surface area contributed by atoms with Crippen LogP contribution < -0.4 is 5.32 Å². The van der Waals surface area contributed by atoms with E-state index in [0.29, 0.717) is 22.8 Å². The van der Waals surface area contributed by atoms with Gasteiger partial charge in [0.1, 0.15) is 0 Å². The average Bonchev–Trinajstić information content (AvgIpc) is 2.43. The Morgan fingerprint density at radius 1 is 1.05 bits per heavy atom. The van der Waals surface area contributed by atoms with Crippen molar-refractivity contribution in [1.82, 2.24) is 0 Å². The normalized spacial score (nSPS) is 10.2. The third-order valence-corrected chi connectivity index (χ3v) is 3.55. The third-order valence-electron chi connectivity index (χ3n) is 2.65. The maximum Gasteiger partial charge on any atom is 0.160 e. The first-order chi connectivity index (χ1) is 9.51. The van der Waals surface area contributed by atoms with Crippen LogP contribution in [0, 0.1) is 17.1 Å². The molecule has 0 fully saturated rings. The molecular weight excluding hydrogens is 322 g/mol. The summed E-state index contributed by atoms with van der Waals surface area (Å²) in [6.45, 7) is 0.406. The Balaban J connectivity index is 2.15. The number of halogens is 4. The molecule has 0 aliphatic rings. The van der Waals surface area contributed by atoms with E-state index in [4.69, 9.17) is 40.1 Å². The molecule has 0 aromatic heterocycles. The number of nitriles is 1. The van der Waals surface area contributed by atoms with Gasteiger partial charge in [-0.1, -0.05) is 40.9 Å². The van der Waals surface area contributed by atoms with E-state index in [9.17, 15) is 4.39 Å². The minimum absolute atomic E-state index is 0.0501. The smallest absolute Gasteiger partial charge is 0.160 e. The van der Waals surface area contributed by atoms with Gasteiger partial charge in [0.05, 0.1) is 21.7 Å². The Morgan fingerprint density at radius 2 is 1.70 bits per heavy atom. The molecule has 20 heavy (non-hydrogen) atoms. The van der Waals surface area contributed by atoms with Gasteiger partial charge in [0, 0.05) is 17.3 Å². The second-order valence-electron chi connectivity index (χ2n) is 4.03. The van der Waals surface area contributed by atoms with Gasteiger partial charge in [-0.3, -0.25) is 0 Å². The molecule has 0 radical (unpaired) electrons. The van der Waals surface area contributed by atoms with Crippen LogP contribution in [0.4, 0.5) is 10.1 Å². The van der Waals surface area contributed by atoms with Crippen LogP contribution in [0.25, 0.3) is 0 Å². The van der Waals surface area contributed by atoms with Crippen molar-refractivity contribution >= 4 is 40.5 Å². The quantitative estimate of drug-likeness (QED) is 0.779. The number of hydrogen-bond donors (Lipinski definition) is 1. The second kappa shape index (κ2) is 6.32. The van der Waals surface area contributed by atoms with Crippen LogP contribution in [0.1, 0.15) is 11.1 Å². The van der Waals surface area contributed by atoms with E-state index in [1.54, 1.807) is 18.2 Å². The largest absolute Gasteiger partial charge is 0.381 e. The molecule has 0 aliphatic carbocycles. The van der Waals surface area contributed by atoms with Gasteiger partial charge in [0.25, 0.3) is 0 Å². The van der Waals surface area contributed by atoms with Crippen molar-refractivity contribution in [2.24, 2.45) is 0 Å². The summed E-state index contributed by atoms with van der Waals surface area (Å²) >= 11 is 17.5. The summed E-state index contributed by atoms with van der Waals surface area (Å²) in [5, 5.41) is 12.2. The predicted octanol–water partition coefficient (Wildman–Crippen LogP) is 5.27. The highest BCUT2D eigenvalue weighted by molar-refractivity contribution is 6.35. The van der Waals surface area contributed by atoms with Gasteiger partial charge >= 0.3 is 0 Å². The van der Waals surface area contributed by atoms with Crippen LogP contribution in [0.5, 0.6) is 0 Å². The highest BCUT2D eigenvalue weighted by Gasteiger charge is 2.08. The number of anilines is 1. The molecule has 1 N–H and O–H groups in total. The number of hydrogen-bond acceptors (Lipinski definition) is 2. The molecule has 2 nitrogen and oxygen atoms in total. The molecule has 6 heteroatoms. The van der Waals surface area contributed by atoms with Crippen molar-refractivity contribution < 1.29 is 4.39 Å². The van der Waals surface area contributed by atoms with E-state index in [0.717, 1.165) is 5.56 Å². The Labute approximate surface area is 130 Å². The second-order valence-corrected chi connectivity index (χ2v) is 5.25. The zero-order valence-corrected chi connectivity index (χ0v) is 12.3. The maximum atomic E-state index is 13.3. The lowest BCUT2D eigenvalue weighted by Gasteiger charge is -2.10. The highest BCUT2D eigenvalue weighted by Crippen LogP contribution is 2.28. The van der Waals surface area contributed by atoms with Crippen LogP contribution in [-0.4, -0.2) is 0 Å². The number of nitrogens with zero attached hydrogens (tertiary/aromatic N) is 1. The molecule has 0 saturated carbocycles. The summed E-state index contributed by atoms with van der Waals surface area (Å²) < 4.78 is 13.3. The van der Waals surface area contributed by atoms with E-state index < -0.39 is 5.82 Å². The SMILES string of the molecule is N#Cc1ccc(CNc2cc(Cl)c(F)c(Cl)c2)c(Cl)c1. The standard InChI is InChI=1S/C14H8Cl3FN2/c15-11-3-8(6-19)1-2-9(11)7-20-10-4-12(16)14(18)13(17)5-10/h1-5,20H,7H2. The average molecular weight is 330 g/mol. The maximum absolute atomic E-state index is 13.3. The lowest BCUT2D eigenvalue weighted by molar-refractivity contribution is 0.629. The van der Waals surface area contributed by atoms with Gasteiger partial charge in [0.2, 0.25) is 0 Å². The molecular formula is C14H8Cl3FN2. The predicted molar refractivity (Wildman–Crippen MR) is 79.9 cm³/mol. The molecule has 0 spiro atoms. The van der Waals surface area contributed by atoms with Crippen LogP contribution in [0.2, 0.25) is 15.1 Å². The lowest BCUT2D eigenvalue weighted by Crippen LogP contribution is -2.01. The summed E-state index contributed by atoms with van der Waals surface area (Å²) in [6, 6.07) is 9.91. The number of nitrogens with one attached hydrogen (secondary N) is 1. The number of rotatable bonds is 3. The fraction of sp³-hybridized carbons (Fsp3) is 0.0714. The Morgan fingerprint density at radius 3 is 2.25 bits per heavy atom. The van der Waals surface area contributed by atoms with E-state index in [-0.39, 0.29) is 10.0 Å². The van der Waals surface area contributed by atoms with Gasteiger partial charge in [-0.15, -0.1) is 0 Å². The van der Waals surface area contributed by atoms with E-state index in [1.165, 1.54) is 12.1 Å². The van der Waals surface area contributed by atoms with Gasteiger partial charge in [-0.05, 0) is 29.8 Å². The first-order valence-electron chi connectivity index (χ1n) is 5.58. The molecule has 0 bridgehead atoms. The molecule has 0 heterocycles. The molecule has 0 unspecified atom stereocenters. The molecule has 2 aromatic rings. The summed E-state index contributed by atoms with van der Waals surface area (Å²) in [7, 11) is 0. The van der Waals surface area contributed by atoms with Crippen molar-refractivity contribution in [2.45, 2.75) is 6.54 Å². The molecule has 0 atom stereocenters. The number of benzene rings is 2. The topological polar surface area (TPSA) is 35.8 Å². The molecule has 2 aromatic carbocycles. The minimum Gasteiger partial charge on any atom is -0.381 e. The van der Waals surface area contributed by atoms with Crippen LogP contribution in [0.15, 0.2) is 30.3 Å². The van der Waals surface area contributed by atoms with E-state index in [2.05, 4.69) is 5.32 Å². The monoisotopic (exact) mass is 328 g/mol. The van der Waals surface area contributed by atoms with Gasteiger partial charge in [-0.2, -0.15) is 5.26 Å². The van der Waals surface area contributed by atoms with Crippen molar-refractivity contribution in [2.75, 3.05) is 5.32 Å². The molecule has 0 aliphatic heterocycles. The molecule has 2 rings (SSSR count). The Hall–Kier alpha value is -1.47. The van der Waals surface area contributed by atoms with Gasteiger partial charge < -0.3 is 5.32 Å². The summed E-state index contributed by atoms with van der Waals surface area (Å²) in [5.74, 6) is -0.643. The van der Waals surface area contributed by atoms with Gasteiger partial charge in [0.15, 0.2) is 5.82 Å². The van der Waals surface area contributed by atoms with Crippen molar-refractivity contribution in [3.05, 3.63) is 62.3 Å². The van der Waals surface area contributed by atoms with E-state index >= 15 is 0 Å². The van der Waals surface area contributed by atoms with Gasteiger partial charge in [-0.25, -0.2) is 4.39 Å². The summed E-state index contributed by atoms with van der Waals surface area (Å²) in [6.07, 6.45) is 0. The van der Waals surface area contributed by atoms with Crippen molar-refractivity contribution in [3.63, 3.8) is 0 Å². The van der Waals surface area contributed by atoms with Crippen LogP contribution in [0.3, 0.4) is 0 Å². The molecule has 0 amide bonds. The highest BCUT2D eigenvalue weighted by atomic mass is 35.5. The Bertz CT molecular complexity index is 672. The minimum atomic E-state index is -0.643. The molecule has 0 saturated heterocycles. The third kappa shape index (κ3) is 3.34. The summed E-state index contributed by atoms with van der Waals surface area (Å²) in [5.41, 5.74) is 1.88. The van der Waals surface area contributed by atoms with Crippen molar-refractivity contribution in [1.29, 1.82) is 5.26 Å². The van der Waals surface area contributed by atoms with Crippen LogP contribution >= 0.6 is 34.8 Å². The zero-order chi connectivity index (χ0) is 14.7. The van der Waals surface area contributed by atoms with Crippen molar-refractivity contribution in [3.8, 4) is 6.07 Å². The van der Waals surface area contributed by atoms with E-state index in [1.807, 2.05) is 6.07 Å². The lowest BCUT2D eigenvalue weighted by atomic mass is 10.1. The first-order valence-corrected chi connectivity index (χ1v) is 6.71. The first kappa shape index (κ1) is 14.9. The van der Waals surface area contributed by atoms with Crippen LogP contribution in [-0.2, 0) is 6.54 Å². The zero-order valence-electron chi connectivity index (χ0n) is 10.1. The molecule has 102 valence electrons. The fourth-order valence-corrected chi connectivity index (χ4v) is 2.35. The fourth-order valence-electron chi connectivity index (χ4n) is 1.62. The summed E-state index contributed by atoms with van der Waals surface area (Å²) in [4.78, 5) is 0.